The number of ether oxygens (including phenoxy) is 1. The van der Waals surface area contributed by atoms with E-state index >= 15 is 0 Å². The topological polar surface area (TPSA) is 46.6 Å². The SMILES string of the molecule is CN(CC(=O)OC(C)(C)C)C(=O)c1ccccc1. The van der Waals surface area contributed by atoms with Crippen molar-refractivity contribution in [3.8, 4) is 0 Å². The van der Waals surface area contributed by atoms with E-state index in [4.69, 9.17) is 4.74 Å². The molecule has 0 aliphatic carbocycles. The highest BCUT2D eigenvalue weighted by molar-refractivity contribution is 5.95. The summed E-state index contributed by atoms with van der Waals surface area (Å²) >= 11 is 0. The number of hydrogen-bond acceptors (Lipinski definition) is 3. The van der Waals surface area contributed by atoms with Crippen molar-refractivity contribution in [1.82, 2.24) is 4.90 Å². The van der Waals surface area contributed by atoms with Gasteiger partial charge in [-0.3, -0.25) is 9.59 Å². The monoisotopic (exact) mass is 249 g/mol. The number of benzene rings is 1. The van der Waals surface area contributed by atoms with Gasteiger partial charge in [0, 0.05) is 12.6 Å². The fourth-order valence-electron chi connectivity index (χ4n) is 1.44. The molecule has 4 nitrogen and oxygen atoms in total. The van der Waals surface area contributed by atoms with Crippen LogP contribution in [0.15, 0.2) is 30.3 Å². The van der Waals surface area contributed by atoms with Crippen LogP contribution in [-0.2, 0) is 9.53 Å². The van der Waals surface area contributed by atoms with E-state index in [9.17, 15) is 9.59 Å². The molecular formula is C14H19NO3. The molecule has 1 rings (SSSR count). The van der Waals surface area contributed by atoms with E-state index in [0.717, 1.165) is 0 Å². The normalized spacial score (nSPS) is 10.9. The highest BCUT2D eigenvalue weighted by Gasteiger charge is 2.20. The molecule has 0 aliphatic rings. The molecule has 0 atom stereocenters. The summed E-state index contributed by atoms with van der Waals surface area (Å²) in [6.45, 7) is 5.34. The van der Waals surface area contributed by atoms with Gasteiger partial charge in [-0.2, -0.15) is 0 Å². The Morgan fingerprint density at radius 1 is 1.17 bits per heavy atom. The summed E-state index contributed by atoms with van der Waals surface area (Å²) in [5, 5.41) is 0. The van der Waals surface area contributed by atoms with Gasteiger partial charge in [0.25, 0.3) is 5.91 Å². The lowest BCUT2D eigenvalue weighted by atomic mass is 10.2. The van der Waals surface area contributed by atoms with Crippen molar-refractivity contribution in [3.63, 3.8) is 0 Å². The minimum Gasteiger partial charge on any atom is -0.459 e. The van der Waals surface area contributed by atoms with Crippen LogP contribution in [0.5, 0.6) is 0 Å². The van der Waals surface area contributed by atoms with Crippen LogP contribution < -0.4 is 0 Å². The van der Waals surface area contributed by atoms with E-state index in [1.807, 2.05) is 6.07 Å². The Morgan fingerprint density at radius 3 is 2.22 bits per heavy atom. The summed E-state index contributed by atoms with van der Waals surface area (Å²) in [6.07, 6.45) is 0. The fourth-order valence-corrected chi connectivity index (χ4v) is 1.44. The zero-order chi connectivity index (χ0) is 13.8. The van der Waals surface area contributed by atoms with E-state index in [2.05, 4.69) is 0 Å². The molecule has 0 saturated heterocycles. The maximum Gasteiger partial charge on any atom is 0.326 e. The lowest BCUT2D eigenvalue weighted by molar-refractivity contribution is -0.155. The van der Waals surface area contributed by atoms with Crippen LogP contribution in [0.1, 0.15) is 31.1 Å². The number of likely N-dealkylation sites (N-methyl/N-ethyl adjacent to an activating group) is 1. The number of nitrogens with zero attached hydrogens (tertiary/aromatic N) is 1. The van der Waals surface area contributed by atoms with Crippen LogP contribution in [-0.4, -0.2) is 36.0 Å². The van der Waals surface area contributed by atoms with Gasteiger partial charge in [-0.25, -0.2) is 0 Å². The van der Waals surface area contributed by atoms with Crippen molar-refractivity contribution in [1.29, 1.82) is 0 Å². The quantitative estimate of drug-likeness (QED) is 0.771. The minimum atomic E-state index is -0.534. The molecule has 0 aliphatic heterocycles. The molecule has 98 valence electrons. The Labute approximate surface area is 108 Å². The van der Waals surface area contributed by atoms with E-state index in [-0.39, 0.29) is 12.5 Å². The molecule has 0 aromatic heterocycles. The van der Waals surface area contributed by atoms with Crippen molar-refractivity contribution >= 4 is 11.9 Å². The standard InChI is InChI=1S/C14H19NO3/c1-14(2,3)18-12(16)10-15(4)13(17)11-8-6-5-7-9-11/h5-9H,10H2,1-4H3. The van der Waals surface area contributed by atoms with Gasteiger partial charge in [0.2, 0.25) is 0 Å². The molecule has 0 fully saturated rings. The smallest absolute Gasteiger partial charge is 0.326 e. The first-order valence-corrected chi connectivity index (χ1v) is 5.82. The van der Waals surface area contributed by atoms with Crippen LogP contribution in [0.2, 0.25) is 0 Å². The molecule has 0 heterocycles. The third-order valence-electron chi connectivity index (χ3n) is 2.15. The number of carbonyl (C=O) groups excluding carboxylic acids is 2. The van der Waals surface area contributed by atoms with Gasteiger partial charge in [0.15, 0.2) is 0 Å². The average molecular weight is 249 g/mol. The molecule has 4 heteroatoms. The largest absolute Gasteiger partial charge is 0.459 e. The zero-order valence-electron chi connectivity index (χ0n) is 11.3. The van der Waals surface area contributed by atoms with Gasteiger partial charge in [0.1, 0.15) is 12.1 Å². The minimum absolute atomic E-state index is 0.0506. The molecule has 1 aromatic carbocycles. The second-order valence-electron chi connectivity index (χ2n) is 5.11. The summed E-state index contributed by atoms with van der Waals surface area (Å²) in [4.78, 5) is 24.9. The van der Waals surface area contributed by atoms with Gasteiger partial charge < -0.3 is 9.64 Å². The first kappa shape index (κ1) is 14.2. The summed E-state index contributed by atoms with van der Waals surface area (Å²) in [7, 11) is 1.58. The number of hydrogen-bond donors (Lipinski definition) is 0. The Hall–Kier alpha value is -1.84. The van der Waals surface area contributed by atoms with Crippen LogP contribution in [0, 0.1) is 0 Å². The molecule has 0 bridgehead atoms. The molecule has 0 N–H and O–H groups in total. The van der Waals surface area contributed by atoms with Gasteiger partial charge >= 0.3 is 5.97 Å². The van der Waals surface area contributed by atoms with Crippen LogP contribution in [0.25, 0.3) is 0 Å². The number of carbonyl (C=O) groups is 2. The lowest BCUT2D eigenvalue weighted by Gasteiger charge is -2.22. The van der Waals surface area contributed by atoms with E-state index in [0.29, 0.717) is 5.56 Å². The second kappa shape index (κ2) is 5.67. The van der Waals surface area contributed by atoms with Crippen molar-refractivity contribution < 1.29 is 14.3 Å². The third kappa shape index (κ3) is 4.57. The van der Waals surface area contributed by atoms with Gasteiger partial charge in [-0.15, -0.1) is 0 Å². The van der Waals surface area contributed by atoms with Crippen LogP contribution in [0.3, 0.4) is 0 Å². The zero-order valence-corrected chi connectivity index (χ0v) is 11.3. The number of amides is 1. The number of rotatable bonds is 3. The first-order chi connectivity index (χ1) is 8.29. The van der Waals surface area contributed by atoms with Gasteiger partial charge in [-0.05, 0) is 32.9 Å². The maximum absolute atomic E-state index is 12.0. The summed E-state index contributed by atoms with van der Waals surface area (Å²) in [5.74, 6) is -0.601. The van der Waals surface area contributed by atoms with E-state index in [1.165, 1.54) is 4.90 Å². The molecule has 0 saturated carbocycles. The molecule has 1 amide bonds. The molecule has 0 spiro atoms. The maximum atomic E-state index is 12.0. The van der Waals surface area contributed by atoms with Crippen molar-refractivity contribution in [3.05, 3.63) is 35.9 Å². The summed E-state index contributed by atoms with van der Waals surface area (Å²) in [5.41, 5.74) is 0.0248. The van der Waals surface area contributed by atoms with Gasteiger partial charge in [-0.1, -0.05) is 18.2 Å². The van der Waals surface area contributed by atoms with Crippen molar-refractivity contribution in [2.45, 2.75) is 26.4 Å². The highest BCUT2D eigenvalue weighted by Crippen LogP contribution is 2.08. The van der Waals surface area contributed by atoms with E-state index < -0.39 is 11.6 Å². The summed E-state index contributed by atoms with van der Waals surface area (Å²) < 4.78 is 5.16. The lowest BCUT2D eigenvalue weighted by Crippen LogP contribution is -2.36. The summed E-state index contributed by atoms with van der Waals surface area (Å²) in [6, 6.07) is 8.84. The second-order valence-corrected chi connectivity index (χ2v) is 5.11. The predicted molar refractivity (Wildman–Crippen MR) is 69.2 cm³/mol. The highest BCUT2D eigenvalue weighted by atomic mass is 16.6. The molecule has 0 unspecified atom stereocenters. The van der Waals surface area contributed by atoms with Crippen LogP contribution in [0.4, 0.5) is 0 Å². The number of esters is 1. The molecule has 0 radical (unpaired) electrons. The third-order valence-corrected chi connectivity index (χ3v) is 2.15. The van der Waals surface area contributed by atoms with Crippen LogP contribution >= 0.6 is 0 Å². The van der Waals surface area contributed by atoms with Crippen molar-refractivity contribution in [2.24, 2.45) is 0 Å². The Kier molecular flexibility index (Phi) is 4.48. The molecular weight excluding hydrogens is 230 g/mol. The molecule has 18 heavy (non-hydrogen) atoms. The van der Waals surface area contributed by atoms with Gasteiger partial charge in [0.05, 0.1) is 0 Å². The molecule has 1 aromatic rings. The fraction of sp³-hybridized carbons (Fsp3) is 0.429. The Balaban J connectivity index is 2.59. The average Bonchev–Trinajstić information content (AvgIpc) is 2.26. The van der Waals surface area contributed by atoms with Crippen molar-refractivity contribution in [2.75, 3.05) is 13.6 Å². The predicted octanol–water partition coefficient (Wildman–Crippen LogP) is 2.10. The van der Waals surface area contributed by atoms with E-state index in [1.54, 1.807) is 52.1 Å². The Bertz CT molecular complexity index is 420. The Morgan fingerprint density at radius 2 is 1.72 bits per heavy atom. The first-order valence-electron chi connectivity index (χ1n) is 5.82.